The average molecular weight is 269 g/mol. The van der Waals surface area contributed by atoms with Crippen molar-refractivity contribution < 1.29 is 4.79 Å². The number of Topliss-reactive ketones (excluding diaryl/α,β-unsaturated/α-hetero) is 1. The van der Waals surface area contributed by atoms with E-state index in [1.807, 2.05) is 0 Å². The summed E-state index contributed by atoms with van der Waals surface area (Å²) < 4.78 is 0. The first-order chi connectivity index (χ1) is 8.58. The third-order valence-corrected chi connectivity index (χ3v) is 5.65. The summed E-state index contributed by atoms with van der Waals surface area (Å²) in [5.41, 5.74) is 0. The van der Waals surface area contributed by atoms with Gasteiger partial charge in [0.25, 0.3) is 0 Å². The summed E-state index contributed by atoms with van der Waals surface area (Å²) in [7, 11) is 0. The van der Waals surface area contributed by atoms with Crippen molar-refractivity contribution in [3.63, 3.8) is 0 Å². The molecule has 0 aromatic heterocycles. The van der Waals surface area contributed by atoms with Crippen LogP contribution in [0.15, 0.2) is 0 Å². The minimum atomic E-state index is 0.325. The van der Waals surface area contributed by atoms with Crippen LogP contribution in [0.3, 0.4) is 0 Å². The first-order valence-corrected chi connectivity index (χ1v) is 8.43. The summed E-state index contributed by atoms with van der Waals surface area (Å²) in [6.45, 7) is 10.2. The lowest BCUT2D eigenvalue weighted by atomic mass is 9.79. The van der Waals surface area contributed by atoms with E-state index < -0.39 is 0 Å². The lowest BCUT2D eigenvalue weighted by molar-refractivity contribution is -0.126. The molecule has 0 N–H and O–H groups in total. The molecule has 2 fully saturated rings. The molecule has 0 bridgehead atoms. The summed E-state index contributed by atoms with van der Waals surface area (Å²) in [6.07, 6.45) is 4.35. The fraction of sp³-hybridized carbons (Fsp3) is 0.933. The number of thioether (sulfide) groups is 1. The van der Waals surface area contributed by atoms with E-state index in [0.717, 1.165) is 55.3 Å². The maximum atomic E-state index is 12.1. The minimum Gasteiger partial charge on any atom is -0.300 e. The second-order valence-corrected chi connectivity index (χ2v) is 8.07. The van der Waals surface area contributed by atoms with Gasteiger partial charge in [-0.3, -0.25) is 4.79 Å². The van der Waals surface area contributed by atoms with Crippen molar-refractivity contribution in [1.29, 1.82) is 0 Å². The Morgan fingerprint density at radius 1 is 1.28 bits per heavy atom. The van der Waals surface area contributed by atoms with E-state index in [2.05, 4.69) is 37.4 Å². The van der Waals surface area contributed by atoms with Gasteiger partial charge in [-0.2, -0.15) is 11.8 Å². The molecular weight excluding hydrogens is 242 g/mol. The van der Waals surface area contributed by atoms with Crippen LogP contribution in [0.25, 0.3) is 0 Å². The van der Waals surface area contributed by atoms with Gasteiger partial charge in [0.2, 0.25) is 0 Å². The molecule has 4 unspecified atom stereocenters. The Morgan fingerprint density at radius 3 is 2.56 bits per heavy atom. The Hall–Kier alpha value is -0.0200. The fourth-order valence-electron chi connectivity index (χ4n) is 3.49. The number of rotatable bonds is 3. The number of nitrogens with zero attached hydrogens (tertiary/aromatic N) is 1. The molecule has 2 aliphatic rings. The highest BCUT2D eigenvalue weighted by Gasteiger charge is 2.31. The molecule has 0 spiro atoms. The first-order valence-electron chi connectivity index (χ1n) is 7.49. The molecule has 0 aromatic carbocycles. The van der Waals surface area contributed by atoms with Gasteiger partial charge in [0.1, 0.15) is 5.78 Å². The first kappa shape index (κ1) is 14.4. The number of carbonyl (C=O) groups is 1. The monoisotopic (exact) mass is 269 g/mol. The summed E-state index contributed by atoms with van der Waals surface area (Å²) in [4.78, 5) is 14.6. The van der Waals surface area contributed by atoms with Crippen LogP contribution >= 0.6 is 11.8 Å². The van der Waals surface area contributed by atoms with Gasteiger partial charge in [0.05, 0.1) is 0 Å². The van der Waals surface area contributed by atoms with Crippen LogP contribution in [0, 0.1) is 11.8 Å². The molecule has 1 saturated carbocycles. The molecule has 18 heavy (non-hydrogen) atoms. The van der Waals surface area contributed by atoms with Crippen LogP contribution < -0.4 is 0 Å². The van der Waals surface area contributed by atoms with E-state index in [0.29, 0.717) is 11.7 Å². The zero-order valence-corrected chi connectivity index (χ0v) is 12.8. The topological polar surface area (TPSA) is 20.3 Å². The van der Waals surface area contributed by atoms with Crippen molar-refractivity contribution in [3.05, 3.63) is 0 Å². The highest BCUT2D eigenvalue weighted by Crippen LogP contribution is 2.31. The maximum absolute atomic E-state index is 12.1. The summed E-state index contributed by atoms with van der Waals surface area (Å²) in [5, 5.41) is 1.43. The molecule has 1 heterocycles. The van der Waals surface area contributed by atoms with E-state index in [1.165, 1.54) is 6.42 Å². The third kappa shape index (κ3) is 3.74. The minimum absolute atomic E-state index is 0.325. The van der Waals surface area contributed by atoms with Crippen LogP contribution in [0.1, 0.15) is 46.5 Å². The van der Waals surface area contributed by atoms with Crippen molar-refractivity contribution >= 4 is 17.5 Å². The largest absolute Gasteiger partial charge is 0.300 e. The van der Waals surface area contributed by atoms with E-state index in [-0.39, 0.29) is 0 Å². The molecular formula is C15H27NOS. The smallest absolute Gasteiger partial charge is 0.137 e. The SMILES string of the molecule is CCC1CCC(=O)C(CN2CC(C)SC(C)C2)C1. The van der Waals surface area contributed by atoms with E-state index >= 15 is 0 Å². The number of ketones is 1. The second kappa shape index (κ2) is 6.42. The highest BCUT2D eigenvalue weighted by atomic mass is 32.2. The standard InChI is InChI=1S/C15H27NOS/c1-4-13-5-6-15(17)14(7-13)10-16-8-11(2)18-12(3)9-16/h11-14H,4-10H2,1-3H3. The molecule has 1 saturated heterocycles. The molecule has 2 nitrogen and oxygen atoms in total. The van der Waals surface area contributed by atoms with Gasteiger partial charge in [-0.25, -0.2) is 0 Å². The lowest BCUT2D eigenvalue weighted by Gasteiger charge is -2.38. The molecule has 2 rings (SSSR count). The maximum Gasteiger partial charge on any atom is 0.137 e. The van der Waals surface area contributed by atoms with Crippen molar-refractivity contribution in [3.8, 4) is 0 Å². The average Bonchev–Trinajstić information content (AvgIpc) is 2.30. The zero-order chi connectivity index (χ0) is 13.1. The van der Waals surface area contributed by atoms with Gasteiger partial charge in [-0.15, -0.1) is 0 Å². The molecule has 1 aliphatic heterocycles. The van der Waals surface area contributed by atoms with Gasteiger partial charge in [-0.1, -0.05) is 27.2 Å². The molecule has 1 aliphatic carbocycles. The highest BCUT2D eigenvalue weighted by molar-refractivity contribution is 8.00. The Balaban J connectivity index is 1.88. The van der Waals surface area contributed by atoms with Gasteiger partial charge in [0, 0.05) is 42.5 Å². The second-order valence-electron chi connectivity index (χ2n) is 6.19. The predicted molar refractivity (Wildman–Crippen MR) is 79.1 cm³/mol. The van der Waals surface area contributed by atoms with Crippen molar-refractivity contribution in [2.45, 2.75) is 57.0 Å². The molecule has 3 heteroatoms. The van der Waals surface area contributed by atoms with E-state index in [9.17, 15) is 4.79 Å². The zero-order valence-electron chi connectivity index (χ0n) is 12.0. The normalized spacial score (nSPS) is 38.9. The van der Waals surface area contributed by atoms with Crippen molar-refractivity contribution in [1.82, 2.24) is 4.90 Å². The summed E-state index contributed by atoms with van der Waals surface area (Å²) >= 11 is 2.09. The predicted octanol–water partition coefficient (Wildman–Crippen LogP) is 3.21. The van der Waals surface area contributed by atoms with E-state index in [4.69, 9.17) is 0 Å². The fourth-order valence-corrected chi connectivity index (χ4v) is 4.88. The molecule has 4 atom stereocenters. The Kier molecular flexibility index (Phi) is 5.14. The van der Waals surface area contributed by atoms with Gasteiger partial charge >= 0.3 is 0 Å². The van der Waals surface area contributed by atoms with Crippen LogP contribution in [-0.4, -0.2) is 40.8 Å². The van der Waals surface area contributed by atoms with Gasteiger partial charge < -0.3 is 4.90 Å². The lowest BCUT2D eigenvalue weighted by Crippen LogP contribution is -2.45. The van der Waals surface area contributed by atoms with Crippen LogP contribution in [0.5, 0.6) is 0 Å². The number of hydrogen-bond acceptors (Lipinski definition) is 3. The quantitative estimate of drug-likeness (QED) is 0.785. The molecule has 104 valence electrons. The van der Waals surface area contributed by atoms with E-state index in [1.54, 1.807) is 0 Å². The Morgan fingerprint density at radius 2 is 1.94 bits per heavy atom. The van der Waals surface area contributed by atoms with Crippen molar-refractivity contribution in [2.24, 2.45) is 11.8 Å². The van der Waals surface area contributed by atoms with Gasteiger partial charge in [-0.05, 0) is 18.8 Å². The number of hydrogen-bond donors (Lipinski definition) is 0. The van der Waals surface area contributed by atoms with Crippen molar-refractivity contribution in [2.75, 3.05) is 19.6 Å². The summed E-state index contributed by atoms with van der Waals surface area (Å²) in [5.74, 6) is 1.64. The molecule has 0 aromatic rings. The molecule has 0 radical (unpaired) electrons. The van der Waals surface area contributed by atoms with Crippen LogP contribution in [-0.2, 0) is 4.79 Å². The van der Waals surface area contributed by atoms with Crippen LogP contribution in [0.4, 0.5) is 0 Å². The van der Waals surface area contributed by atoms with Gasteiger partial charge in [0.15, 0.2) is 0 Å². The molecule has 0 amide bonds. The Labute approximate surface area is 116 Å². The summed E-state index contributed by atoms with van der Waals surface area (Å²) in [6, 6.07) is 0. The Bertz CT molecular complexity index is 284. The van der Waals surface area contributed by atoms with Crippen LogP contribution in [0.2, 0.25) is 0 Å². The third-order valence-electron chi connectivity index (χ3n) is 4.42. The number of carbonyl (C=O) groups excluding carboxylic acids is 1.